The number of aromatic nitrogens is 3. The van der Waals surface area contributed by atoms with Gasteiger partial charge in [0.2, 0.25) is 0 Å². The molecule has 0 spiro atoms. The average Bonchev–Trinajstić information content (AvgIpc) is 2.31. The largest absolute Gasteiger partial charge is 0.372 e. The van der Waals surface area contributed by atoms with Crippen LogP contribution in [0.1, 0.15) is 11.3 Å². The van der Waals surface area contributed by atoms with Crippen molar-refractivity contribution in [3.63, 3.8) is 0 Å². The normalized spacial score (nSPS) is 9.93. The Kier molecular flexibility index (Phi) is 2.88. The van der Waals surface area contributed by atoms with Gasteiger partial charge >= 0.3 is 0 Å². The lowest BCUT2D eigenvalue weighted by Gasteiger charge is -2.01. The van der Waals surface area contributed by atoms with Crippen molar-refractivity contribution in [2.24, 2.45) is 0 Å². The van der Waals surface area contributed by atoms with E-state index >= 15 is 0 Å². The number of nitrogens with zero attached hydrogens (tertiary/aromatic N) is 3. The molecule has 2 rings (SSSR count). The molecule has 2 heterocycles. The molecular formula is C11H12N4. The van der Waals surface area contributed by atoms with E-state index in [2.05, 4.69) is 20.5 Å². The quantitative estimate of drug-likeness (QED) is 0.815. The molecule has 0 aromatic carbocycles. The number of pyridine rings is 1. The predicted molar refractivity (Wildman–Crippen MR) is 58.6 cm³/mol. The number of anilines is 1. The maximum absolute atomic E-state index is 4.10. The van der Waals surface area contributed by atoms with Gasteiger partial charge in [0.25, 0.3) is 0 Å². The van der Waals surface area contributed by atoms with Crippen molar-refractivity contribution in [3.05, 3.63) is 47.9 Å². The first-order chi connectivity index (χ1) is 7.38. The molecule has 0 saturated heterocycles. The molecule has 0 fully saturated rings. The van der Waals surface area contributed by atoms with E-state index in [1.54, 1.807) is 6.20 Å². The van der Waals surface area contributed by atoms with Crippen LogP contribution in [0.25, 0.3) is 0 Å². The molecule has 15 heavy (non-hydrogen) atoms. The second-order valence-electron chi connectivity index (χ2n) is 3.20. The lowest BCUT2D eigenvalue weighted by Crippen LogP contribution is -1.98. The van der Waals surface area contributed by atoms with E-state index < -0.39 is 0 Å². The Balaban J connectivity index is 2.11. The molecule has 0 aliphatic heterocycles. The van der Waals surface area contributed by atoms with E-state index in [4.69, 9.17) is 0 Å². The Bertz CT molecular complexity index is 410. The van der Waals surface area contributed by atoms with Crippen LogP contribution in [0.3, 0.4) is 0 Å². The second-order valence-corrected chi connectivity index (χ2v) is 3.20. The van der Waals surface area contributed by atoms with Gasteiger partial charge in [-0.15, -0.1) is 5.10 Å². The molecule has 0 saturated carbocycles. The second kappa shape index (κ2) is 4.50. The first-order valence-corrected chi connectivity index (χ1v) is 4.78. The van der Waals surface area contributed by atoms with Gasteiger partial charge in [-0.05, 0) is 23.8 Å². The highest BCUT2D eigenvalue weighted by Crippen LogP contribution is 2.06. The molecule has 0 atom stereocenters. The number of nitrogens with one attached hydrogen (secondary N) is 1. The minimum atomic E-state index is 0.769. The Labute approximate surface area is 88.4 Å². The summed E-state index contributed by atoms with van der Waals surface area (Å²) in [6, 6.07) is 7.83. The van der Waals surface area contributed by atoms with Gasteiger partial charge in [-0.25, -0.2) is 0 Å². The van der Waals surface area contributed by atoms with E-state index in [1.165, 1.54) is 0 Å². The SMILES string of the molecule is CNc1ccc(Cc2cccnc2)nn1. The summed E-state index contributed by atoms with van der Waals surface area (Å²) in [5.41, 5.74) is 2.09. The molecule has 0 aliphatic carbocycles. The van der Waals surface area contributed by atoms with Gasteiger partial charge in [0.1, 0.15) is 5.82 Å². The zero-order valence-electron chi connectivity index (χ0n) is 8.51. The fourth-order valence-electron chi connectivity index (χ4n) is 1.30. The van der Waals surface area contributed by atoms with Gasteiger partial charge in [-0.3, -0.25) is 4.98 Å². The van der Waals surface area contributed by atoms with Crippen molar-refractivity contribution >= 4 is 5.82 Å². The topological polar surface area (TPSA) is 50.7 Å². The van der Waals surface area contributed by atoms with Crippen molar-refractivity contribution in [2.75, 3.05) is 12.4 Å². The molecule has 2 aromatic heterocycles. The first-order valence-electron chi connectivity index (χ1n) is 4.78. The third-order valence-corrected chi connectivity index (χ3v) is 2.08. The summed E-state index contributed by atoms with van der Waals surface area (Å²) in [7, 11) is 1.82. The van der Waals surface area contributed by atoms with E-state index in [1.807, 2.05) is 37.5 Å². The summed E-state index contributed by atoms with van der Waals surface area (Å²) in [6.07, 6.45) is 4.37. The van der Waals surface area contributed by atoms with Crippen molar-refractivity contribution in [2.45, 2.75) is 6.42 Å². The maximum Gasteiger partial charge on any atom is 0.148 e. The highest BCUT2D eigenvalue weighted by Gasteiger charge is 1.98. The van der Waals surface area contributed by atoms with E-state index in [-0.39, 0.29) is 0 Å². The fraction of sp³-hybridized carbons (Fsp3) is 0.182. The summed E-state index contributed by atoms with van der Waals surface area (Å²) >= 11 is 0. The van der Waals surface area contributed by atoms with Gasteiger partial charge in [0.15, 0.2) is 0 Å². The maximum atomic E-state index is 4.10. The van der Waals surface area contributed by atoms with Crippen LogP contribution >= 0.6 is 0 Å². The van der Waals surface area contributed by atoms with Crippen molar-refractivity contribution in [3.8, 4) is 0 Å². The average molecular weight is 200 g/mol. The van der Waals surface area contributed by atoms with Crippen molar-refractivity contribution < 1.29 is 0 Å². The summed E-state index contributed by atoms with van der Waals surface area (Å²) in [4.78, 5) is 4.05. The van der Waals surface area contributed by atoms with Gasteiger partial charge < -0.3 is 5.32 Å². The van der Waals surface area contributed by atoms with Crippen LogP contribution < -0.4 is 5.32 Å². The Morgan fingerprint density at radius 1 is 1.20 bits per heavy atom. The van der Waals surface area contributed by atoms with Crippen LogP contribution in [0.4, 0.5) is 5.82 Å². The van der Waals surface area contributed by atoms with Gasteiger partial charge in [0, 0.05) is 25.9 Å². The molecule has 4 heteroatoms. The summed E-state index contributed by atoms with van der Waals surface area (Å²) in [5.74, 6) is 0.782. The molecule has 0 unspecified atom stereocenters. The smallest absolute Gasteiger partial charge is 0.148 e. The molecule has 0 aliphatic rings. The zero-order chi connectivity index (χ0) is 10.5. The Hall–Kier alpha value is -1.97. The fourth-order valence-corrected chi connectivity index (χ4v) is 1.30. The van der Waals surface area contributed by atoms with Gasteiger partial charge in [0.05, 0.1) is 5.69 Å². The molecule has 0 amide bonds. The van der Waals surface area contributed by atoms with Crippen LogP contribution in [-0.2, 0) is 6.42 Å². The third-order valence-electron chi connectivity index (χ3n) is 2.08. The van der Waals surface area contributed by atoms with Crippen LogP contribution in [-0.4, -0.2) is 22.2 Å². The van der Waals surface area contributed by atoms with Gasteiger partial charge in [-0.2, -0.15) is 5.10 Å². The Morgan fingerprint density at radius 3 is 2.73 bits per heavy atom. The minimum absolute atomic E-state index is 0.769. The minimum Gasteiger partial charge on any atom is -0.372 e. The lowest BCUT2D eigenvalue weighted by molar-refractivity contribution is 0.936. The number of rotatable bonds is 3. The van der Waals surface area contributed by atoms with Crippen molar-refractivity contribution in [1.29, 1.82) is 0 Å². The summed E-state index contributed by atoms with van der Waals surface area (Å²) in [5, 5.41) is 11.0. The highest BCUT2D eigenvalue weighted by atomic mass is 15.2. The monoisotopic (exact) mass is 200 g/mol. The Morgan fingerprint density at radius 2 is 2.13 bits per heavy atom. The molecular weight excluding hydrogens is 188 g/mol. The molecule has 2 aromatic rings. The van der Waals surface area contributed by atoms with Gasteiger partial charge in [-0.1, -0.05) is 6.07 Å². The summed E-state index contributed by atoms with van der Waals surface area (Å²) < 4.78 is 0. The molecule has 0 bridgehead atoms. The molecule has 4 nitrogen and oxygen atoms in total. The van der Waals surface area contributed by atoms with E-state index in [9.17, 15) is 0 Å². The predicted octanol–water partition coefficient (Wildman–Crippen LogP) is 1.50. The zero-order valence-corrected chi connectivity index (χ0v) is 8.51. The van der Waals surface area contributed by atoms with Crippen LogP contribution in [0, 0.1) is 0 Å². The number of hydrogen-bond donors (Lipinski definition) is 1. The van der Waals surface area contributed by atoms with Crippen LogP contribution in [0.5, 0.6) is 0 Å². The lowest BCUT2D eigenvalue weighted by atomic mass is 10.1. The molecule has 0 radical (unpaired) electrons. The first kappa shape index (κ1) is 9.58. The van der Waals surface area contributed by atoms with E-state index in [0.717, 1.165) is 23.5 Å². The molecule has 76 valence electrons. The van der Waals surface area contributed by atoms with E-state index in [0.29, 0.717) is 0 Å². The summed E-state index contributed by atoms with van der Waals surface area (Å²) in [6.45, 7) is 0. The van der Waals surface area contributed by atoms with Crippen LogP contribution in [0.15, 0.2) is 36.7 Å². The van der Waals surface area contributed by atoms with Crippen LogP contribution in [0.2, 0.25) is 0 Å². The third kappa shape index (κ3) is 2.49. The van der Waals surface area contributed by atoms with Crippen molar-refractivity contribution in [1.82, 2.24) is 15.2 Å². The molecule has 1 N–H and O–H groups in total. The highest BCUT2D eigenvalue weighted by molar-refractivity contribution is 5.32. The standard InChI is InChI=1S/C11H12N4/c1-12-11-5-4-10(14-15-11)7-9-3-2-6-13-8-9/h2-6,8H,7H2,1H3,(H,12,15). The number of hydrogen-bond acceptors (Lipinski definition) is 4.